The summed E-state index contributed by atoms with van der Waals surface area (Å²) in [5, 5.41) is 14.6. The van der Waals surface area contributed by atoms with Gasteiger partial charge < -0.3 is 15.3 Å². The highest BCUT2D eigenvalue weighted by Crippen LogP contribution is 2.27. The SMILES string of the molecule is CCCN(CC[C@](C)(O)c1ccc(Cl)cc1)C(=O)CC(C)(C)NC(=O)C1CCCC1. The third kappa shape index (κ3) is 7.28. The summed E-state index contributed by atoms with van der Waals surface area (Å²) < 4.78 is 0. The summed E-state index contributed by atoms with van der Waals surface area (Å²) in [6.07, 6.45) is 5.60. The van der Waals surface area contributed by atoms with Gasteiger partial charge in [0, 0.05) is 36.0 Å². The van der Waals surface area contributed by atoms with Gasteiger partial charge in [0.2, 0.25) is 11.8 Å². The first-order chi connectivity index (χ1) is 14.0. The Hall–Kier alpha value is -1.59. The molecule has 1 fully saturated rings. The monoisotopic (exact) mass is 436 g/mol. The van der Waals surface area contributed by atoms with Crippen molar-refractivity contribution in [2.45, 2.75) is 83.8 Å². The molecule has 0 aromatic heterocycles. The molecule has 2 rings (SSSR count). The molecule has 0 radical (unpaired) electrons. The Balaban J connectivity index is 1.95. The molecule has 0 saturated heterocycles. The molecule has 1 aliphatic carbocycles. The van der Waals surface area contributed by atoms with Crippen LogP contribution in [0.3, 0.4) is 0 Å². The molecular weight excluding hydrogens is 400 g/mol. The van der Waals surface area contributed by atoms with Gasteiger partial charge in [0.25, 0.3) is 0 Å². The number of hydrogen-bond donors (Lipinski definition) is 2. The molecule has 1 aromatic carbocycles. The van der Waals surface area contributed by atoms with Crippen molar-refractivity contribution in [2.24, 2.45) is 5.92 Å². The normalized spacial score (nSPS) is 16.9. The van der Waals surface area contributed by atoms with Crippen LogP contribution in [-0.4, -0.2) is 40.4 Å². The lowest BCUT2D eigenvalue weighted by Crippen LogP contribution is -2.49. The van der Waals surface area contributed by atoms with Gasteiger partial charge in [0.15, 0.2) is 0 Å². The number of nitrogens with zero attached hydrogens (tertiary/aromatic N) is 1. The first-order valence-electron chi connectivity index (χ1n) is 11.1. The first-order valence-corrected chi connectivity index (χ1v) is 11.5. The van der Waals surface area contributed by atoms with Crippen molar-refractivity contribution in [1.82, 2.24) is 10.2 Å². The van der Waals surface area contributed by atoms with E-state index in [0.29, 0.717) is 24.5 Å². The average molecular weight is 437 g/mol. The Kier molecular flexibility index (Phi) is 8.74. The van der Waals surface area contributed by atoms with E-state index >= 15 is 0 Å². The van der Waals surface area contributed by atoms with Crippen LogP contribution in [0, 0.1) is 5.92 Å². The van der Waals surface area contributed by atoms with E-state index in [-0.39, 0.29) is 24.2 Å². The maximum atomic E-state index is 13.0. The van der Waals surface area contributed by atoms with Gasteiger partial charge in [-0.05, 0) is 64.2 Å². The molecule has 1 saturated carbocycles. The number of carbonyl (C=O) groups excluding carboxylic acids is 2. The number of aliphatic hydroxyl groups is 1. The van der Waals surface area contributed by atoms with Gasteiger partial charge in [-0.2, -0.15) is 0 Å². The Morgan fingerprint density at radius 1 is 1.13 bits per heavy atom. The second-order valence-corrected chi connectivity index (χ2v) is 9.88. The largest absolute Gasteiger partial charge is 0.385 e. The zero-order chi connectivity index (χ0) is 22.4. The van der Waals surface area contributed by atoms with Crippen molar-refractivity contribution >= 4 is 23.4 Å². The second-order valence-electron chi connectivity index (χ2n) is 9.44. The Bertz CT molecular complexity index is 710. The molecule has 2 amide bonds. The third-order valence-corrected chi connectivity index (χ3v) is 6.21. The molecule has 0 heterocycles. The van der Waals surface area contributed by atoms with Gasteiger partial charge in [-0.3, -0.25) is 9.59 Å². The summed E-state index contributed by atoms with van der Waals surface area (Å²) >= 11 is 5.95. The van der Waals surface area contributed by atoms with E-state index in [1.165, 1.54) is 0 Å². The minimum atomic E-state index is -1.05. The summed E-state index contributed by atoms with van der Waals surface area (Å²) in [5.74, 6) is 0.152. The van der Waals surface area contributed by atoms with Gasteiger partial charge in [0.05, 0.1) is 5.60 Å². The zero-order valence-electron chi connectivity index (χ0n) is 18.8. The Labute approximate surface area is 186 Å². The van der Waals surface area contributed by atoms with E-state index in [1.54, 1.807) is 24.0 Å². The molecule has 6 heteroatoms. The minimum Gasteiger partial charge on any atom is -0.385 e. The average Bonchev–Trinajstić information content (AvgIpc) is 3.19. The predicted molar refractivity (Wildman–Crippen MR) is 121 cm³/mol. The molecule has 30 heavy (non-hydrogen) atoms. The highest BCUT2D eigenvalue weighted by molar-refractivity contribution is 6.30. The van der Waals surface area contributed by atoms with E-state index in [0.717, 1.165) is 37.7 Å². The molecule has 1 aliphatic rings. The number of carbonyl (C=O) groups is 2. The van der Waals surface area contributed by atoms with Gasteiger partial charge in [-0.1, -0.05) is 43.5 Å². The van der Waals surface area contributed by atoms with E-state index in [4.69, 9.17) is 11.6 Å². The standard InChI is InChI=1S/C24H37ClN2O3/c1-5-15-27(16-14-24(4,30)19-10-12-20(25)13-11-19)21(28)17-23(2,3)26-22(29)18-8-6-7-9-18/h10-13,18,30H,5-9,14-17H2,1-4H3,(H,26,29)/t24-/m0/s1. The lowest BCUT2D eigenvalue weighted by atomic mass is 9.92. The van der Waals surface area contributed by atoms with E-state index in [9.17, 15) is 14.7 Å². The van der Waals surface area contributed by atoms with Crippen molar-refractivity contribution < 1.29 is 14.7 Å². The number of benzene rings is 1. The van der Waals surface area contributed by atoms with Gasteiger partial charge >= 0.3 is 0 Å². The van der Waals surface area contributed by atoms with Crippen LogP contribution < -0.4 is 5.32 Å². The van der Waals surface area contributed by atoms with E-state index in [1.807, 2.05) is 32.9 Å². The minimum absolute atomic E-state index is 0.000443. The zero-order valence-corrected chi connectivity index (χ0v) is 19.6. The molecule has 5 nitrogen and oxygen atoms in total. The maximum absolute atomic E-state index is 13.0. The van der Waals surface area contributed by atoms with Crippen molar-refractivity contribution in [3.05, 3.63) is 34.9 Å². The number of hydrogen-bond acceptors (Lipinski definition) is 3. The number of rotatable bonds is 10. The van der Waals surface area contributed by atoms with Crippen LogP contribution in [0.5, 0.6) is 0 Å². The summed E-state index contributed by atoms with van der Waals surface area (Å²) in [6.45, 7) is 8.69. The highest BCUT2D eigenvalue weighted by atomic mass is 35.5. The fourth-order valence-corrected chi connectivity index (χ4v) is 4.22. The van der Waals surface area contributed by atoms with Crippen LogP contribution in [0.25, 0.3) is 0 Å². The third-order valence-electron chi connectivity index (χ3n) is 5.96. The van der Waals surface area contributed by atoms with Crippen LogP contribution in [0.2, 0.25) is 5.02 Å². The van der Waals surface area contributed by atoms with Gasteiger partial charge in [-0.15, -0.1) is 0 Å². The van der Waals surface area contributed by atoms with Gasteiger partial charge in [-0.25, -0.2) is 0 Å². The highest BCUT2D eigenvalue weighted by Gasteiger charge is 2.31. The quantitative estimate of drug-likeness (QED) is 0.560. The number of halogens is 1. The first kappa shape index (κ1) is 24.7. The molecular formula is C24H37ClN2O3. The summed E-state index contributed by atoms with van der Waals surface area (Å²) in [7, 11) is 0. The number of amides is 2. The molecule has 168 valence electrons. The maximum Gasteiger partial charge on any atom is 0.224 e. The number of nitrogens with one attached hydrogen (secondary N) is 1. The van der Waals surface area contributed by atoms with E-state index < -0.39 is 11.1 Å². The van der Waals surface area contributed by atoms with Crippen LogP contribution in [0.1, 0.15) is 78.2 Å². The molecule has 1 atom stereocenters. The molecule has 2 N–H and O–H groups in total. The van der Waals surface area contributed by atoms with Gasteiger partial charge in [0.1, 0.15) is 0 Å². The van der Waals surface area contributed by atoms with Crippen molar-refractivity contribution in [1.29, 1.82) is 0 Å². The van der Waals surface area contributed by atoms with Crippen LogP contribution in [-0.2, 0) is 15.2 Å². The fourth-order valence-electron chi connectivity index (χ4n) is 4.09. The fraction of sp³-hybridized carbons (Fsp3) is 0.667. The lowest BCUT2D eigenvalue weighted by molar-refractivity contribution is -0.134. The topological polar surface area (TPSA) is 69.6 Å². The van der Waals surface area contributed by atoms with Crippen molar-refractivity contribution in [3.8, 4) is 0 Å². The summed E-state index contributed by atoms with van der Waals surface area (Å²) in [5.41, 5.74) is -0.871. The van der Waals surface area contributed by atoms with Crippen molar-refractivity contribution in [3.63, 3.8) is 0 Å². The molecule has 0 bridgehead atoms. The molecule has 0 aliphatic heterocycles. The Morgan fingerprint density at radius 2 is 1.73 bits per heavy atom. The Morgan fingerprint density at radius 3 is 2.30 bits per heavy atom. The lowest BCUT2D eigenvalue weighted by Gasteiger charge is -2.32. The predicted octanol–water partition coefficient (Wildman–Crippen LogP) is 4.65. The molecule has 0 unspecified atom stereocenters. The van der Waals surface area contributed by atoms with Crippen LogP contribution >= 0.6 is 11.6 Å². The van der Waals surface area contributed by atoms with Crippen LogP contribution in [0.4, 0.5) is 0 Å². The molecule has 0 spiro atoms. The summed E-state index contributed by atoms with van der Waals surface area (Å²) in [4.78, 5) is 27.3. The van der Waals surface area contributed by atoms with Crippen molar-refractivity contribution in [2.75, 3.05) is 13.1 Å². The summed E-state index contributed by atoms with van der Waals surface area (Å²) in [6, 6.07) is 7.15. The second kappa shape index (κ2) is 10.6. The molecule has 1 aromatic rings. The smallest absolute Gasteiger partial charge is 0.224 e. The van der Waals surface area contributed by atoms with Crippen LogP contribution in [0.15, 0.2) is 24.3 Å². The van der Waals surface area contributed by atoms with E-state index in [2.05, 4.69) is 5.32 Å².